The van der Waals surface area contributed by atoms with Gasteiger partial charge in [0.15, 0.2) is 0 Å². The summed E-state index contributed by atoms with van der Waals surface area (Å²) in [5.74, 6) is 0. The third-order valence-electron chi connectivity index (χ3n) is 2.47. The zero-order chi connectivity index (χ0) is 11.1. The Morgan fingerprint density at radius 1 is 1.27 bits per heavy atom. The molecule has 1 rings (SSSR count). The highest BCUT2D eigenvalue weighted by molar-refractivity contribution is 7.16. The van der Waals surface area contributed by atoms with Crippen LogP contribution in [0.25, 0.3) is 0 Å². The molecule has 0 atom stereocenters. The average Bonchev–Trinajstić information content (AvgIpc) is 2.61. The van der Waals surface area contributed by atoms with Gasteiger partial charge in [0, 0.05) is 17.5 Å². The molecule has 0 aliphatic rings. The van der Waals surface area contributed by atoms with Gasteiger partial charge in [0.2, 0.25) is 0 Å². The molecule has 1 aromatic heterocycles. The van der Waals surface area contributed by atoms with Crippen molar-refractivity contribution in [3.8, 4) is 0 Å². The number of nitrogens with one attached hydrogen (secondary N) is 1. The largest absolute Gasteiger partial charge is 0.309 e. The van der Waals surface area contributed by atoms with Crippen LogP contribution in [-0.4, -0.2) is 6.04 Å². The van der Waals surface area contributed by atoms with Gasteiger partial charge in [-0.15, -0.1) is 11.3 Å². The first kappa shape index (κ1) is 13.0. The molecule has 1 nitrogen and oxygen atoms in total. The summed E-state index contributed by atoms with van der Waals surface area (Å²) in [6.45, 7) is 5.45. The summed E-state index contributed by atoms with van der Waals surface area (Å²) in [6.07, 6.45) is 5.05. The lowest BCUT2D eigenvalue weighted by Gasteiger charge is -2.16. The van der Waals surface area contributed by atoms with Crippen molar-refractivity contribution in [3.63, 3.8) is 0 Å². The average molecular weight is 246 g/mol. The van der Waals surface area contributed by atoms with Crippen molar-refractivity contribution in [2.24, 2.45) is 0 Å². The van der Waals surface area contributed by atoms with Crippen LogP contribution >= 0.6 is 22.9 Å². The summed E-state index contributed by atoms with van der Waals surface area (Å²) in [4.78, 5) is 1.33. The quantitative estimate of drug-likeness (QED) is 0.748. The Labute approximate surface area is 102 Å². The van der Waals surface area contributed by atoms with E-state index in [2.05, 4.69) is 25.2 Å². The Hall–Kier alpha value is -0.0500. The number of hydrogen-bond acceptors (Lipinski definition) is 2. The second kappa shape index (κ2) is 7.26. The number of halogens is 1. The molecule has 0 spiro atoms. The Balaban J connectivity index is 2.32. The van der Waals surface area contributed by atoms with Gasteiger partial charge in [0.25, 0.3) is 0 Å². The van der Waals surface area contributed by atoms with E-state index in [9.17, 15) is 0 Å². The van der Waals surface area contributed by atoms with Crippen LogP contribution in [0.3, 0.4) is 0 Å². The highest BCUT2D eigenvalue weighted by Gasteiger charge is 2.06. The van der Waals surface area contributed by atoms with Crippen molar-refractivity contribution in [3.05, 3.63) is 21.3 Å². The number of thiophene rings is 1. The van der Waals surface area contributed by atoms with Gasteiger partial charge in [0.1, 0.15) is 0 Å². The summed E-state index contributed by atoms with van der Waals surface area (Å²) < 4.78 is 0.884. The molecule has 15 heavy (non-hydrogen) atoms. The van der Waals surface area contributed by atoms with E-state index in [4.69, 9.17) is 11.6 Å². The van der Waals surface area contributed by atoms with Gasteiger partial charge >= 0.3 is 0 Å². The van der Waals surface area contributed by atoms with Crippen molar-refractivity contribution >= 4 is 22.9 Å². The van der Waals surface area contributed by atoms with Gasteiger partial charge in [-0.2, -0.15) is 0 Å². The number of rotatable bonds is 7. The minimum atomic E-state index is 0.667. The zero-order valence-corrected chi connectivity index (χ0v) is 11.1. The monoisotopic (exact) mass is 245 g/mol. The first-order chi connectivity index (χ1) is 7.26. The standard InChI is InChI=1S/C12H20ClNS/c1-3-5-10(6-4-2)14-9-11-7-8-12(13)15-11/h7-8,10,14H,3-6,9H2,1-2H3. The maximum absolute atomic E-state index is 5.89. The van der Waals surface area contributed by atoms with Gasteiger partial charge in [-0.3, -0.25) is 0 Å². The fourth-order valence-corrected chi connectivity index (χ4v) is 2.78. The van der Waals surface area contributed by atoms with Crippen molar-refractivity contribution in [2.75, 3.05) is 0 Å². The highest BCUT2D eigenvalue weighted by atomic mass is 35.5. The van der Waals surface area contributed by atoms with Crippen LogP contribution < -0.4 is 5.32 Å². The maximum atomic E-state index is 5.89. The molecule has 0 aromatic carbocycles. The number of hydrogen-bond donors (Lipinski definition) is 1. The molecule has 0 amide bonds. The van der Waals surface area contributed by atoms with Gasteiger partial charge in [0.05, 0.1) is 4.34 Å². The van der Waals surface area contributed by atoms with Gasteiger partial charge in [-0.05, 0) is 25.0 Å². The lowest BCUT2D eigenvalue weighted by molar-refractivity contribution is 0.445. The normalized spacial score (nSPS) is 11.2. The molecule has 0 radical (unpaired) electrons. The first-order valence-corrected chi connectivity index (χ1v) is 6.93. The molecule has 86 valence electrons. The Bertz CT molecular complexity index is 266. The topological polar surface area (TPSA) is 12.0 Å². The predicted octanol–water partition coefficient (Wildman–Crippen LogP) is 4.46. The molecular formula is C12H20ClNS. The van der Waals surface area contributed by atoms with Gasteiger partial charge in [-0.25, -0.2) is 0 Å². The molecule has 1 N–H and O–H groups in total. The smallest absolute Gasteiger partial charge is 0.0931 e. The molecule has 3 heteroatoms. The minimum absolute atomic E-state index is 0.667. The van der Waals surface area contributed by atoms with Crippen LogP contribution in [0, 0.1) is 0 Å². The van der Waals surface area contributed by atoms with E-state index in [0.29, 0.717) is 6.04 Å². The van der Waals surface area contributed by atoms with E-state index >= 15 is 0 Å². The SMILES string of the molecule is CCCC(CCC)NCc1ccc(Cl)s1. The van der Waals surface area contributed by atoms with E-state index in [0.717, 1.165) is 10.9 Å². The summed E-state index contributed by atoms with van der Waals surface area (Å²) in [6, 6.07) is 4.74. The van der Waals surface area contributed by atoms with Crippen LogP contribution in [0.15, 0.2) is 12.1 Å². The Kier molecular flexibility index (Phi) is 6.30. The first-order valence-electron chi connectivity index (χ1n) is 5.73. The Morgan fingerprint density at radius 3 is 2.40 bits per heavy atom. The molecule has 0 aliphatic carbocycles. The molecule has 0 aliphatic heterocycles. The van der Waals surface area contributed by atoms with Gasteiger partial charge in [-0.1, -0.05) is 38.3 Å². The fraction of sp³-hybridized carbons (Fsp3) is 0.667. The fourth-order valence-electron chi connectivity index (χ4n) is 1.74. The molecule has 0 saturated carbocycles. The van der Waals surface area contributed by atoms with E-state index in [1.54, 1.807) is 11.3 Å². The third kappa shape index (κ3) is 5.01. The molecule has 1 aromatic rings. The van der Waals surface area contributed by atoms with E-state index < -0.39 is 0 Å². The maximum Gasteiger partial charge on any atom is 0.0931 e. The predicted molar refractivity (Wildman–Crippen MR) is 69.8 cm³/mol. The van der Waals surface area contributed by atoms with Crippen molar-refractivity contribution in [1.82, 2.24) is 5.32 Å². The highest BCUT2D eigenvalue weighted by Crippen LogP contribution is 2.21. The van der Waals surface area contributed by atoms with E-state index in [1.165, 1.54) is 30.6 Å². The Morgan fingerprint density at radius 2 is 1.93 bits per heavy atom. The van der Waals surface area contributed by atoms with Crippen LogP contribution in [0.1, 0.15) is 44.4 Å². The molecular weight excluding hydrogens is 226 g/mol. The zero-order valence-electron chi connectivity index (χ0n) is 9.55. The van der Waals surface area contributed by atoms with Crippen molar-refractivity contribution < 1.29 is 0 Å². The third-order valence-corrected chi connectivity index (χ3v) is 3.70. The lowest BCUT2D eigenvalue weighted by atomic mass is 10.1. The second-order valence-corrected chi connectivity index (χ2v) is 5.66. The van der Waals surface area contributed by atoms with Gasteiger partial charge < -0.3 is 5.32 Å². The molecule has 1 heterocycles. The van der Waals surface area contributed by atoms with E-state index in [1.807, 2.05) is 6.07 Å². The van der Waals surface area contributed by atoms with Crippen LogP contribution in [0.4, 0.5) is 0 Å². The minimum Gasteiger partial charge on any atom is -0.309 e. The summed E-state index contributed by atoms with van der Waals surface area (Å²) >= 11 is 7.56. The van der Waals surface area contributed by atoms with Crippen molar-refractivity contribution in [2.45, 2.75) is 52.1 Å². The van der Waals surface area contributed by atoms with Crippen molar-refractivity contribution in [1.29, 1.82) is 0 Å². The van der Waals surface area contributed by atoms with Crippen LogP contribution in [0.5, 0.6) is 0 Å². The molecule has 0 saturated heterocycles. The van der Waals surface area contributed by atoms with E-state index in [-0.39, 0.29) is 0 Å². The summed E-state index contributed by atoms with van der Waals surface area (Å²) in [5.41, 5.74) is 0. The molecule has 0 bridgehead atoms. The lowest BCUT2D eigenvalue weighted by Crippen LogP contribution is -2.27. The summed E-state index contributed by atoms with van der Waals surface area (Å²) in [5, 5.41) is 3.60. The van der Waals surface area contributed by atoms with Crippen LogP contribution in [-0.2, 0) is 6.54 Å². The second-order valence-electron chi connectivity index (χ2n) is 3.86. The molecule has 0 fully saturated rings. The molecule has 0 unspecified atom stereocenters. The van der Waals surface area contributed by atoms with Crippen LogP contribution in [0.2, 0.25) is 4.34 Å². The summed E-state index contributed by atoms with van der Waals surface area (Å²) in [7, 11) is 0.